The number of ether oxygens (including phenoxy) is 2. The van der Waals surface area contributed by atoms with Crippen molar-refractivity contribution in [2.45, 2.75) is 20.8 Å². The van der Waals surface area contributed by atoms with Crippen LogP contribution >= 0.6 is 11.8 Å². The highest BCUT2D eigenvalue weighted by Crippen LogP contribution is 2.37. The highest BCUT2D eigenvalue weighted by molar-refractivity contribution is 8.18. The first kappa shape index (κ1) is 16.7. The Bertz CT molecular complexity index is 979. The molecule has 2 aromatic rings. The molecule has 5 nitrogen and oxygen atoms in total. The molecule has 1 N–H and O–H groups in total. The molecule has 0 radical (unpaired) electrons. The smallest absolute Gasteiger partial charge is 0.264 e. The van der Waals surface area contributed by atoms with Gasteiger partial charge in [-0.25, -0.2) is 4.99 Å². The third-order valence-electron chi connectivity index (χ3n) is 4.50. The average Bonchev–Trinajstić information content (AvgIpc) is 3.18. The number of amides is 1. The number of nitrogens with one attached hydrogen (secondary N) is 1. The van der Waals surface area contributed by atoms with Crippen LogP contribution in [0.2, 0.25) is 0 Å². The molecule has 2 aliphatic heterocycles. The summed E-state index contributed by atoms with van der Waals surface area (Å²) in [6.45, 7) is 6.30. The van der Waals surface area contributed by atoms with Crippen LogP contribution in [0.3, 0.4) is 0 Å². The summed E-state index contributed by atoms with van der Waals surface area (Å²) in [4.78, 5) is 17.5. The quantitative estimate of drug-likeness (QED) is 0.808. The van der Waals surface area contributed by atoms with Crippen molar-refractivity contribution in [1.82, 2.24) is 5.32 Å². The first-order valence-electron chi connectivity index (χ1n) is 8.27. The van der Waals surface area contributed by atoms with Crippen molar-refractivity contribution in [3.8, 4) is 11.5 Å². The van der Waals surface area contributed by atoms with E-state index in [-0.39, 0.29) is 12.7 Å². The molecular weight excluding hydrogens is 348 g/mol. The number of hydrogen-bond donors (Lipinski definition) is 1. The van der Waals surface area contributed by atoms with E-state index in [9.17, 15) is 4.79 Å². The van der Waals surface area contributed by atoms with Gasteiger partial charge in [-0.05, 0) is 79.1 Å². The molecule has 1 saturated heterocycles. The lowest BCUT2D eigenvalue weighted by Gasteiger charge is -2.04. The number of carbonyl (C=O) groups is 1. The number of rotatable bonds is 2. The summed E-state index contributed by atoms with van der Waals surface area (Å²) >= 11 is 1.34. The van der Waals surface area contributed by atoms with E-state index in [1.54, 1.807) is 0 Å². The maximum atomic E-state index is 12.3. The van der Waals surface area contributed by atoms with Gasteiger partial charge in [0.05, 0.1) is 10.6 Å². The molecule has 26 heavy (non-hydrogen) atoms. The van der Waals surface area contributed by atoms with Crippen molar-refractivity contribution in [1.29, 1.82) is 0 Å². The fraction of sp³-hybridized carbons (Fsp3) is 0.200. The summed E-state index contributed by atoms with van der Waals surface area (Å²) in [6, 6.07) is 9.80. The fourth-order valence-corrected chi connectivity index (χ4v) is 3.63. The van der Waals surface area contributed by atoms with Crippen LogP contribution in [0.5, 0.6) is 11.5 Å². The van der Waals surface area contributed by atoms with Crippen LogP contribution in [0.4, 0.5) is 5.69 Å². The number of hydrogen-bond acceptors (Lipinski definition) is 5. The monoisotopic (exact) mass is 366 g/mol. The molecule has 1 amide bonds. The van der Waals surface area contributed by atoms with Crippen LogP contribution in [-0.4, -0.2) is 17.9 Å². The molecule has 0 atom stereocenters. The van der Waals surface area contributed by atoms with Crippen LogP contribution in [0.25, 0.3) is 6.08 Å². The van der Waals surface area contributed by atoms with Gasteiger partial charge < -0.3 is 14.8 Å². The molecule has 0 saturated carbocycles. The summed E-state index contributed by atoms with van der Waals surface area (Å²) in [6.07, 6.45) is 1.86. The molecular formula is C20H18N2O3S. The Morgan fingerprint density at radius 2 is 1.88 bits per heavy atom. The standard InChI is InChI=1S/C20H18N2O3S/c1-11-5-4-6-15(13(11)3)21-20-22-19(23)18(26-20)9-14-8-17-16(7-12(14)2)24-10-25-17/h4-9H,10H2,1-3H3,(H,21,22,23). The van der Waals surface area contributed by atoms with Crippen molar-refractivity contribution in [2.24, 2.45) is 4.99 Å². The molecule has 132 valence electrons. The van der Waals surface area contributed by atoms with E-state index in [1.165, 1.54) is 17.3 Å². The van der Waals surface area contributed by atoms with E-state index in [0.717, 1.165) is 28.1 Å². The molecule has 0 bridgehead atoms. The van der Waals surface area contributed by atoms with E-state index in [0.29, 0.717) is 15.8 Å². The molecule has 2 heterocycles. The Balaban J connectivity index is 1.63. The van der Waals surface area contributed by atoms with Gasteiger partial charge in [-0.3, -0.25) is 4.79 Å². The van der Waals surface area contributed by atoms with Crippen molar-refractivity contribution in [3.63, 3.8) is 0 Å². The van der Waals surface area contributed by atoms with E-state index in [1.807, 2.05) is 57.2 Å². The van der Waals surface area contributed by atoms with Crippen molar-refractivity contribution < 1.29 is 14.3 Å². The number of fused-ring (bicyclic) bond motifs is 1. The lowest BCUT2D eigenvalue weighted by atomic mass is 10.1. The minimum absolute atomic E-state index is 0.142. The normalized spacial score (nSPS) is 18.7. The molecule has 0 aliphatic carbocycles. The van der Waals surface area contributed by atoms with Gasteiger partial charge in [-0.1, -0.05) is 12.1 Å². The zero-order valence-corrected chi connectivity index (χ0v) is 15.6. The fourth-order valence-electron chi connectivity index (χ4n) is 2.80. The maximum absolute atomic E-state index is 12.3. The first-order valence-corrected chi connectivity index (χ1v) is 9.09. The van der Waals surface area contributed by atoms with E-state index in [4.69, 9.17) is 9.47 Å². The second-order valence-corrected chi connectivity index (χ2v) is 7.29. The number of aryl methyl sites for hydroxylation is 2. The molecule has 0 aromatic heterocycles. The second-order valence-electron chi connectivity index (χ2n) is 6.26. The summed E-state index contributed by atoms with van der Waals surface area (Å²) in [5, 5.41) is 3.43. The molecule has 4 rings (SSSR count). The third kappa shape index (κ3) is 3.08. The summed E-state index contributed by atoms with van der Waals surface area (Å²) in [5.74, 6) is 1.30. The largest absolute Gasteiger partial charge is 0.454 e. The SMILES string of the molecule is Cc1cc2c(cc1C=C1SC(=Nc3cccc(C)c3C)NC1=O)OCO2. The summed E-state index contributed by atoms with van der Waals surface area (Å²) < 4.78 is 10.8. The lowest BCUT2D eigenvalue weighted by molar-refractivity contribution is -0.115. The average molecular weight is 366 g/mol. The predicted octanol–water partition coefficient (Wildman–Crippen LogP) is 4.23. The third-order valence-corrected chi connectivity index (χ3v) is 5.41. The van der Waals surface area contributed by atoms with Gasteiger partial charge in [0.25, 0.3) is 5.91 Å². The Hall–Kier alpha value is -2.73. The molecule has 1 fully saturated rings. The summed E-state index contributed by atoms with van der Waals surface area (Å²) in [5.41, 5.74) is 5.11. The number of amidine groups is 1. The van der Waals surface area contributed by atoms with Crippen molar-refractivity contribution in [3.05, 3.63) is 57.5 Å². The minimum Gasteiger partial charge on any atom is -0.454 e. The summed E-state index contributed by atoms with van der Waals surface area (Å²) in [7, 11) is 0. The molecule has 6 heteroatoms. The Kier molecular flexibility index (Phi) is 4.20. The zero-order chi connectivity index (χ0) is 18.3. The Labute approximate surface area is 156 Å². The van der Waals surface area contributed by atoms with Crippen LogP contribution in [0.15, 0.2) is 40.2 Å². The maximum Gasteiger partial charge on any atom is 0.264 e. The number of thioether (sulfide) groups is 1. The molecule has 0 unspecified atom stereocenters. The van der Waals surface area contributed by atoms with E-state index < -0.39 is 0 Å². The number of aliphatic imine (C=N–C) groups is 1. The molecule has 2 aromatic carbocycles. The van der Waals surface area contributed by atoms with Gasteiger partial charge >= 0.3 is 0 Å². The van der Waals surface area contributed by atoms with Gasteiger partial charge in [0.15, 0.2) is 16.7 Å². The molecule has 2 aliphatic rings. The van der Waals surface area contributed by atoms with Gasteiger partial charge in [0.2, 0.25) is 6.79 Å². The van der Waals surface area contributed by atoms with Crippen LogP contribution < -0.4 is 14.8 Å². The van der Waals surface area contributed by atoms with Crippen molar-refractivity contribution in [2.75, 3.05) is 6.79 Å². The van der Waals surface area contributed by atoms with Crippen LogP contribution in [0.1, 0.15) is 22.3 Å². The van der Waals surface area contributed by atoms with Gasteiger partial charge in [-0.15, -0.1) is 0 Å². The Morgan fingerprint density at radius 1 is 1.12 bits per heavy atom. The van der Waals surface area contributed by atoms with E-state index >= 15 is 0 Å². The first-order chi connectivity index (χ1) is 12.5. The Morgan fingerprint density at radius 3 is 2.69 bits per heavy atom. The van der Waals surface area contributed by atoms with Crippen molar-refractivity contribution >= 4 is 34.6 Å². The zero-order valence-electron chi connectivity index (χ0n) is 14.8. The predicted molar refractivity (Wildman–Crippen MR) is 104 cm³/mol. The number of nitrogens with zero attached hydrogens (tertiary/aromatic N) is 1. The van der Waals surface area contributed by atoms with Crippen LogP contribution in [0, 0.1) is 20.8 Å². The van der Waals surface area contributed by atoms with Gasteiger partial charge in [0, 0.05) is 0 Å². The molecule has 0 spiro atoms. The second kappa shape index (κ2) is 6.53. The minimum atomic E-state index is -0.142. The van der Waals surface area contributed by atoms with Crippen LogP contribution in [-0.2, 0) is 4.79 Å². The van der Waals surface area contributed by atoms with Gasteiger partial charge in [-0.2, -0.15) is 0 Å². The highest BCUT2D eigenvalue weighted by Gasteiger charge is 2.25. The lowest BCUT2D eigenvalue weighted by Crippen LogP contribution is -2.19. The number of benzene rings is 2. The topological polar surface area (TPSA) is 59.9 Å². The highest BCUT2D eigenvalue weighted by atomic mass is 32.2. The van der Waals surface area contributed by atoms with E-state index in [2.05, 4.69) is 10.3 Å². The number of carbonyl (C=O) groups excluding carboxylic acids is 1. The van der Waals surface area contributed by atoms with Gasteiger partial charge in [0.1, 0.15) is 0 Å².